The number of methoxy groups -OCH3 is 1. The number of nitrogens with one attached hydrogen (secondary N) is 2. The molecule has 188 valence electrons. The van der Waals surface area contributed by atoms with Gasteiger partial charge < -0.3 is 29.6 Å². The molecule has 9 nitrogen and oxygen atoms in total. The topological polar surface area (TPSA) is 98.4 Å². The molecule has 0 saturated carbocycles. The lowest BCUT2D eigenvalue weighted by atomic mass is 9.96. The summed E-state index contributed by atoms with van der Waals surface area (Å²) in [5.41, 5.74) is 1.17. The highest BCUT2D eigenvalue weighted by atomic mass is 16.5. The zero-order chi connectivity index (χ0) is 24.5. The molecular weight excluding hydrogens is 450 g/mol. The van der Waals surface area contributed by atoms with Crippen molar-refractivity contribution < 1.29 is 28.5 Å². The number of ether oxygens (including phenoxy) is 4. The van der Waals surface area contributed by atoms with Crippen molar-refractivity contribution in [2.45, 2.75) is 12.5 Å². The van der Waals surface area contributed by atoms with Gasteiger partial charge in [0.1, 0.15) is 11.5 Å². The average molecular weight is 484 g/mol. The fourth-order valence-electron chi connectivity index (χ4n) is 4.41. The lowest BCUT2D eigenvalue weighted by molar-refractivity contribution is -0.118. The average Bonchev–Trinajstić information content (AvgIpc) is 3.43. The van der Waals surface area contributed by atoms with Gasteiger partial charge in [0, 0.05) is 55.5 Å². The second-order valence-electron chi connectivity index (χ2n) is 8.64. The standard InChI is InChI=1S/C26H33N3O6/c1-32-23-4-2-3-21(15-23)28-25(30)18-35-22-7-5-19(6-8-22)26(31)27-16-24(20-9-12-34-17-20)29-10-13-33-14-11-29/h2-8,15,20,24H,9-14,16-18H2,1H3,(H,27,31)(H,28,30). The summed E-state index contributed by atoms with van der Waals surface area (Å²) in [4.78, 5) is 27.4. The minimum atomic E-state index is -0.287. The molecule has 2 aromatic carbocycles. The van der Waals surface area contributed by atoms with E-state index in [1.807, 2.05) is 0 Å². The number of morpholine rings is 1. The third kappa shape index (κ3) is 7.17. The zero-order valence-corrected chi connectivity index (χ0v) is 20.0. The molecule has 2 fully saturated rings. The van der Waals surface area contributed by atoms with E-state index < -0.39 is 0 Å². The van der Waals surface area contributed by atoms with Crippen LogP contribution in [0.25, 0.3) is 0 Å². The summed E-state index contributed by atoms with van der Waals surface area (Å²) in [6, 6.07) is 14.1. The van der Waals surface area contributed by atoms with Crippen LogP contribution >= 0.6 is 0 Å². The maximum atomic E-state index is 12.8. The molecule has 9 heteroatoms. The number of hydrogen-bond donors (Lipinski definition) is 2. The third-order valence-electron chi connectivity index (χ3n) is 6.34. The van der Waals surface area contributed by atoms with Crippen LogP contribution in [-0.2, 0) is 14.3 Å². The van der Waals surface area contributed by atoms with Gasteiger partial charge in [-0.2, -0.15) is 0 Å². The zero-order valence-electron chi connectivity index (χ0n) is 20.0. The maximum absolute atomic E-state index is 12.8. The summed E-state index contributed by atoms with van der Waals surface area (Å²) in [5.74, 6) is 1.16. The number of rotatable bonds is 10. The summed E-state index contributed by atoms with van der Waals surface area (Å²) in [6.45, 7) is 5.10. The predicted octanol–water partition coefficient (Wildman–Crippen LogP) is 2.18. The van der Waals surface area contributed by atoms with Gasteiger partial charge in [0.15, 0.2) is 6.61 Å². The van der Waals surface area contributed by atoms with Gasteiger partial charge >= 0.3 is 0 Å². The Morgan fingerprint density at radius 2 is 1.86 bits per heavy atom. The number of carbonyl (C=O) groups is 2. The van der Waals surface area contributed by atoms with E-state index in [-0.39, 0.29) is 24.5 Å². The molecular formula is C26H33N3O6. The van der Waals surface area contributed by atoms with Crippen LogP contribution in [0.1, 0.15) is 16.8 Å². The molecule has 2 atom stereocenters. The normalized spacial score (nSPS) is 19.1. The van der Waals surface area contributed by atoms with E-state index in [0.717, 1.165) is 45.9 Å². The number of nitrogens with zero attached hydrogens (tertiary/aromatic N) is 1. The summed E-state index contributed by atoms with van der Waals surface area (Å²) < 4.78 is 21.8. The van der Waals surface area contributed by atoms with Crippen molar-refractivity contribution >= 4 is 17.5 Å². The largest absolute Gasteiger partial charge is 0.497 e. The lowest BCUT2D eigenvalue weighted by Gasteiger charge is -2.37. The monoisotopic (exact) mass is 483 g/mol. The molecule has 2 aromatic rings. The molecule has 2 heterocycles. The molecule has 0 aromatic heterocycles. The Kier molecular flexibility index (Phi) is 8.94. The quantitative estimate of drug-likeness (QED) is 0.535. The van der Waals surface area contributed by atoms with Gasteiger partial charge in [0.2, 0.25) is 0 Å². The Balaban J connectivity index is 1.25. The van der Waals surface area contributed by atoms with Crippen molar-refractivity contribution in [1.29, 1.82) is 0 Å². The maximum Gasteiger partial charge on any atom is 0.262 e. The van der Waals surface area contributed by atoms with E-state index in [4.69, 9.17) is 18.9 Å². The molecule has 4 rings (SSSR count). The highest BCUT2D eigenvalue weighted by molar-refractivity contribution is 5.94. The number of carbonyl (C=O) groups excluding carboxylic acids is 2. The first-order valence-corrected chi connectivity index (χ1v) is 12.0. The molecule has 2 aliphatic heterocycles. The van der Waals surface area contributed by atoms with E-state index in [1.165, 1.54) is 0 Å². The highest BCUT2D eigenvalue weighted by Crippen LogP contribution is 2.22. The SMILES string of the molecule is COc1cccc(NC(=O)COc2ccc(C(=O)NCC(C3CCOC3)N3CCOCC3)cc2)c1. The van der Waals surface area contributed by atoms with Crippen molar-refractivity contribution in [2.24, 2.45) is 5.92 Å². The first-order chi connectivity index (χ1) is 17.1. The van der Waals surface area contributed by atoms with Gasteiger partial charge in [-0.3, -0.25) is 14.5 Å². The van der Waals surface area contributed by atoms with Crippen molar-refractivity contribution in [1.82, 2.24) is 10.2 Å². The van der Waals surface area contributed by atoms with Crippen molar-refractivity contribution in [3.63, 3.8) is 0 Å². The Morgan fingerprint density at radius 1 is 1.06 bits per heavy atom. The van der Waals surface area contributed by atoms with Crippen LogP contribution in [0.3, 0.4) is 0 Å². The Morgan fingerprint density at radius 3 is 2.57 bits per heavy atom. The van der Waals surface area contributed by atoms with Crippen LogP contribution in [0.2, 0.25) is 0 Å². The van der Waals surface area contributed by atoms with E-state index in [0.29, 0.717) is 35.2 Å². The summed E-state index contributed by atoms with van der Waals surface area (Å²) in [7, 11) is 1.57. The molecule has 0 bridgehead atoms. The number of hydrogen-bond acceptors (Lipinski definition) is 7. The van der Waals surface area contributed by atoms with E-state index in [9.17, 15) is 9.59 Å². The lowest BCUT2D eigenvalue weighted by Crippen LogP contribution is -2.52. The first-order valence-electron chi connectivity index (χ1n) is 12.0. The minimum Gasteiger partial charge on any atom is -0.497 e. The summed E-state index contributed by atoms with van der Waals surface area (Å²) >= 11 is 0. The minimum absolute atomic E-state index is 0.135. The molecule has 0 spiro atoms. The van der Waals surface area contributed by atoms with Crippen molar-refractivity contribution in [3.05, 3.63) is 54.1 Å². The van der Waals surface area contributed by atoms with Crippen LogP contribution in [-0.4, -0.2) is 82.5 Å². The predicted molar refractivity (Wildman–Crippen MR) is 131 cm³/mol. The molecule has 2 unspecified atom stereocenters. The van der Waals surface area contributed by atoms with Crippen LogP contribution in [0, 0.1) is 5.92 Å². The van der Waals surface area contributed by atoms with Gasteiger partial charge in [0.05, 0.1) is 26.9 Å². The van der Waals surface area contributed by atoms with Crippen molar-refractivity contribution in [3.8, 4) is 11.5 Å². The van der Waals surface area contributed by atoms with Crippen molar-refractivity contribution in [2.75, 3.05) is 65.1 Å². The Hall–Kier alpha value is -3.14. The Labute approximate surface area is 205 Å². The summed E-state index contributed by atoms with van der Waals surface area (Å²) in [6.07, 6.45) is 1.01. The molecule has 2 amide bonds. The van der Waals surface area contributed by atoms with Gasteiger partial charge in [-0.15, -0.1) is 0 Å². The van der Waals surface area contributed by atoms with E-state index >= 15 is 0 Å². The second-order valence-corrected chi connectivity index (χ2v) is 8.64. The third-order valence-corrected chi connectivity index (χ3v) is 6.34. The van der Waals surface area contributed by atoms with Crippen LogP contribution in [0.5, 0.6) is 11.5 Å². The van der Waals surface area contributed by atoms with E-state index in [2.05, 4.69) is 15.5 Å². The number of anilines is 1. The first kappa shape index (κ1) is 25.0. The second kappa shape index (κ2) is 12.5. The fraction of sp³-hybridized carbons (Fsp3) is 0.462. The number of benzene rings is 2. The Bertz CT molecular complexity index is 971. The molecule has 2 saturated heterocycles. The smallest absolute Gasteiger partial charge is 0.262 e. The molecule has 0 radical (unpaired) electrons. The van der Waals surface area contributed by atoms with Gasteiger partial charge in [-0.05, 0) is 42.8 Å². The van der Waals surface area contributed by atoms with Gasteiger partial charge in [-0.25, -0.2) is 0 Å². The van der Waals surface area contributed by atoms with Gasteiger partial charge in [-0.1, -0.05) is 6.07 Å². The molecule has 35 heavy (non-hydrogen) atoms. The highest BCUT2D eigenvalue weighted by Gasteiger charge is 2.31. The van der Waals surface area contributed by atoms with Gasteiger partial charge in [0.25, 0.3) is 11.8 Å². The van der Waals surface area contributed by atoms with Crippen LogP contribution in [0.15, 0.2) is 48.5 Å². The molecule has 0 aliphatic carbocycles. The van der Waals surface area contributed by atoms with E-state index in [1.54, 1.807) is 55.6 Å². The molecule has 2 N–H and O–H groups in total. The number of amides is 2. The van der Waals surface area contributed by atoms with Crippen LogP contribution in [0.4, 0.5) is 5.69 Å². The fourth-order valence-corrected chi connectivity index (χ4v) is 4.41. The molecule has 2 aliphatic rings. The summed E-state index contributed by atoms with van der Waals surface area (Å²) in [5, 5.41) is 5.85. The van der Waals surface area contributed by atoms with Crippen LogP contribution < -0.4 is 20.1 Å².